The van der Waals surface area contributed by atoms with E-state index in [1.54, 1.807) is 6.07 Å². The Labute approximate surface area is 133 Å². The first-order valence-electron chi connectivity index (χ1n) is 7.14. The number of hydrogen-bond donors (Lipinski definition) is 1. The van der Waals surface area contributed by atoms with Gasteiger partial charge in [0.1, 0.15) is 0 Å². The zero-order valence-electron chi connectivity index (χ0n) is 11.6. The van der Waals surface area contributed by atoms with Crippen LogP contribution in [0.1, 0.15) is 42.5 Å². The van der Waals surface area contributed by atoms with Crippen LogP contribution in [0.25, 0.3) is 0 Å². The molecule has 1 aromatic carbocycles. The van der Waals surface area contributed by atoms with Crippen molar-refractivity contribution >= 4 is 23.2 Å². The number of nitrogens with two attached hydrogens (primary N) is 1. The lowest BCUT2D eigenvalue weighted by atomic mass is 9.96. The van der Waals surface area contributed by atoms with E-state index in [0.29, 0.717) is 46.6 Å². The van der Waals surface area contributed by atoms with Gasteiger partial charge < -0.3 is 10.3 Å². The Hall–Kier alpha value is -1.10. The maximum atomic E-state index is 6.17. The maximum absolute atomic E-state index is 6.17. The van der Waals surface area contributed by atoms with E-state index in [2.05, 4.69) is 10.1 Å². The molecular formula is C15H17Cl2N3O. The van der Waals surface area contributed by atoms with Crippen molar-refractivity contribution in [2.75, 3.05) is 6.54 Å². The van der Waals surface area contributed by atoms with Crippen molar-refractivity contribution in [1.82, 2.24) is 10.1 Å². The van der Waals surface area contributed by atoms with Crippen molar-refractivity contribution in [3.63, 3.8) is 0 Å². The molecule has 2 atom stereocenters. The number of halogens is 2. The van der Waals surface area contributed by atoms with Gasteiger partial charge >= 0.3 is 0 Å². The largest absolute Gasteiger partial charge is 0.339 e. The average molecular weight is 326 g/mol. The van der Waals surface area contributed by atoms with E-state index < -0.39 is 0 Å². The van der Waals surface area contributed by atoms with Crippen LogP contribution in [-0.2, 0) is 6.42 Å². The molecule has 0 saturated heterocycles. The van der Waals surface area contributed by atoms with Crippen LogP contribution in [0.5, 0.6) is 0 Å². The van der Waals surface area contributed by atoms with Gasteiger partial charge in [0.05, 0.1) is 0 Å². The lowest BCUT2D eigenvalue weighted by Gasteiger charge is -2.12. The van der Waals surface area contributed by atoms with E-state index in [1.807, 2.05) is 12.1 Å². The molecule has 0 spiro atoms. The summed E-state index contributed by atoms with van der Waals surface area (Å²) in [5, 5.41) is 5.31. The van der Waals surface area contributed by atoms with Gasteiger partial charge in [-0.2, -0.15) is 4.98 Å². The van der Waals surface area contributed by atoms with Crippen LogP contribution in [0.2, 0.25) is 10.0 Å². The molecule has 1 saturated carbocycles. The second-order valence-corrected chi connectivity index (χ2v) is 6.34. The lowest BCUT2D eigenvalue weighted by molar-refractivity contribution is 0.323. The monoisotopic (exact) mass is 325 g/mol. The summed E-state index contributed by atoms with van der Waals surface area (Å²) in [4.78, 5) is 4.52. The molecule has 112 valence electrons. The van der Waals surface area contributed by atoms with Crippen LogP contribution in [0.3, 0.4) is 0 Å². The van der Waals surface area contributed by atoms with E-state index in [1.165, 1.54) is 6.42 Å². The molecule has 1 aliphatic carbocycles. The highest BCUT2D eigenvalue weighted by molar-refractivity contribution is 6.35. The molecule has 6 heteroatoms. The standard InChI is InChI=1S/C15H17Cl2N3O/c16-11-5-4-9(13(17)7-11)6-14-19-15(21-20-14)12-3-1-2-10(12)8-18/h4-5,7,10,12H,1-3,6,8,18H2. The number of benzene rings is 1. The fourth-order valence-electron chi connectivity index (χ4n) is 2.97. The second kappa shape index (κ2) is 6.34. The van der Waals surface area contributed by atoms with Crippen molar-refractivity contribution in [1.29, 1.82) is 0 Å². The number of rotatable bonds is 4. The Morgan fingerprint density at radius 2 is 2.14 bits per heavy atom. The zero-order chi connectivity index (χ0) is 14.8. The summed E-state index contributed by atoms with van der Waals surface area (Å²) >= 11 is 12.1. The summed E-state index contributed by atoms with van der Waals surface area (Å²) in [6.45, 7) is 0.672. The SMILES string of the molecule is NCC1CCCC1c1nc(Cc2ccc(Cl)cc2Cl)no1. The van der Waals surface area contributed by atoms with Gasteiger partial charge in [-0.05, 0) is 43.0 Å². The fraction of sp³-hybridized carbons (Fsp3) is 0.467. The van der Waals surface area contributed by atoms with E-state index in [-0.39, 0.29) is 0 Å². The molecule has 2 N–H and O–H groups in total. The van der Waals surface area contributed by atoms with Gasteiger partial charge in [-0.3, -0.25) is 0 Å². The smallest absolute Gasteiger partial charge is 0.230 e. The van der Waals surface area contributed by atoms with E-state index >= 15 is 0 Å². The van der Waals surface area contributed by atoms with Crippen LogP contribution in [0.15, 0.2) is 22.7 Å². The predicted molar refractivity (Wildman–Crippen MR) is 82.7 cm³/mol. The summed E-state index contributed by atoms with van der Waals surface area (Å²) in [7, 11) is 0. The van der Waals surface area contributed by atoms with Crippen molar-refractivity contribution in [3.05, 3.63) is 45.5 Å². The third-order valence-electron chi connectivity index (χ3n) is 4.13. The third kappa shape index (κ3) is 3.23. The molecule has 0 bridgehead atoms. The topological polar surface area (TPSA) is 64.9 Å². The molecular weight excluding hydrogens is 309 g/mol. The van der Waals surface area contributed by atoms with Crippen molar-refractivity contribution in [3.8, 4) is 0 Å². The molecule has 1 fully saturated rings. The fourth-order valence-corrected chi connectivity index (χ4v) is 3.44. The van der Waals surface area contributed by atoms with Gasteiger partial charge in [0.2, 0.25) is 5.89 Å². The van der Waals surface area contributed by atoms with Crippen molar-refractivity contribution < 1.29 is 4.52 Å². The Morgan fingerprint density at radius 1 is 1.29 bits per heavy atom. The van der Waals surface area contributed by atoms with Crippen LogP contribution in [0, 0.1) is 5.92 Å². The average Bonchev–Trinajstić information content (AvgIpc) is 3.10. The molecule has 2 unspecified atom stereocenters. The minimum absolute atomic E-state index is 0.303. The van der Waals surface area contributed by atoms with E-state index in [4.69, 9.17) is 33.5 Å². The molecule has 2 aromatic rings. The first-order valence-corrected chi connectivity index (χ1v) is 7.89. The quantitative estimate of drug-likeness (QED) is 0.928. The lowest BCUT2D eigenvalue weighted by Crippen LogP contribution is -2.17. The number of nitrogens with zero attached hydrogens (tertiary/aromatic N) is 2. The van der Waals surface area contributed by atoms with Gasteiger partial charge in [-0.15, -0.1) is 0 Å². The highest BCUT2D eigenvalue weighted by Gasteiger charge is 2.31. The highest BCUT2D eigenvalue weighted by Crippen LogP contribution is 2.38. The second-order valence-electron chi connectivity index (χ2n) is 5.49. The molecule has 0 amide bonds. The minimum atomic E-state index is 0.303. The van der Waals surface area contributed by atoms with Gasteiger partial charge in [0.25, 0.3) is 0 Å². The molecule has 1 heterocycles. The van der Waals surface area contributed by atoms with Crippen LogP contribution in [-0.4, -0.2) is 16.7 Å². The summed E-state index contributed by atoms with van der Waals surface area (Å²) < 4.78 is 5.43. The molecule has 4 nitrogen and oxygen atoms in total. The summed E-state index contributed by atoms with van der Waals surface area (Å²) in [5.74, 6) is 2.12. The maximum Gasteiger partial charge on any atom is 0.230 e. The molecule has 1 aromatic heterocycles. The van der Waals surface area contributed by atoms with Gasteiger partial charge in [-0.25, -0.2) is 0 Å². The van der Waals surface area contributed by atoms with E-state index in [0.717, 1.165) is 18.4 Å². The Balaban J connectivity index is 1.76. The van der Waals surface area contributed by atoms with Crippen LogP contribution < -0.4 is 5.73 Å². The van der Waals surface area contributed by atoms with Gasteiger partial charge in [0.15, 0.2) is 5.82 Å². The molecule has 21 heavy (non-hydrogen) atoms. The Kier molecular flexibility index (Phi) is 4.48. The van der Waals surface area contributed by atoms with Crippen LogP contribution >= 0.6 is 23.2 Å². The normalized spacial score (nSPS) is 21.9. The van der Waals surface area contributed by atoms with Crippen molar-refractivity contribution in [2.45, 2.75) is 31.6 Å². The summed E-state index contributed by atoms with van der Waals surface area (Å²) in [6.07, 6.45) is 3.93. The van der Waals surface area contributed by atoms with Gasteiger partial charge in [-0.1, -0.05) is 40.8 Å². The van der Waals surface area contributed by atoms with Crippen molar-refractivity contribution in [2.24, 2.45) is 11.7 Å². The summed E-state index contributed by atoms with van der Waals surface area (Å²) in [5.41, 5.74) is 6.75. The predicted octanol–water partition coefficient (Wildman–Crippen LogP) is 3.81. The van der Waals surface area contributed by atoms with Crippen LogP contribution in [0.4, 0.5) is 0 Å². The minimum Gasteiger partial charge on any atom is -0.339 e. The molecule has 3 rings (SSSR count). The first kappa shape index (κ1) is 14.8. The highest BCUT2D eigenvalue weighted by atomic mass is 35.5. The Bertz CT molecular complexity index is 629. The van der Waals surface area contributed by atoms with E-state index in [9.17, 15) is 0 Å². The molecule has 0 radical (unpaired) electrons. The third-order valence-corrected chi connectivity index (χ3v) is 4.71. The summed E-state index contributed by atoms with van der Waals surface area (Å²) in [6, 6.07) is 5.42. The van der Waals surface area contributed by atoms with Gasteiger partial charge in [0, 0.05) is 22.4 Å². The number of hydrogen-bond acceptors (Lipinski definition) is 4. The molecule has 1 aliphatic rings. The molecule has 0 aliphatic heterocycles. The number of aromatic nitrogens is 2. The Morgan fingerprint density at radius 3 is 2.90 bits per heavy atom. The zero-order valence-corrected chi connectivity index (χ0v) is 13.1. The first-order chi connectivity index (χ1) is 10.2.